The van der Waals surface area contributed by atoms with Crippen molar-refractivity contribution < 1.29 is 19.4 Å². The van der Waals surface area contributed by atoms with Gasteiger partial charge in [0, 0.05) is 12.5 Å². The van der Waals surface area contributed by atoms with E-state index in [1.54, 1.807) is 6.08 Å². The molecule has 1 aromatic carbocycles. The van der Waals surface area contributed by atoms with Crippen molar-refractivity contribution in [1.82, 2.24) is 4.90 Å². The van der Waals surface area contributed by atoms with Gasteiger partial charge in [-0.2, -0.15) is 0 Å². The zero-order valence-corrected chi connectivity index (χ0v) is 11.1. The minimum Gasteiger partial charge on any atom is -0.480 e. The highest BCUT2D eigenvalue weighted by Crippen LogP contribution is 2.26. The van der Waals surface area contributed by atoms with E-state index < -0.39 is 18.1 Å². The van der Waals surface area contributed by atoms with Crippen LogP contribution < -0.4 is 0 Å². The Morgan fingerprint density at radius 1 is 1.40 bits per heavy atom. The summed E-state index contributed by atoms with van der Waals surface area (Å²) < 4.78 is 5.17. The molecule has 1 aliphatic heterocycles. The number of nitrogens with zero attached hydrogens (tertiary/aromatic N) is 1. The van der Waals surface area contributed by atoms with Gasteiger partial charge in [0.05, 0.1) is 0 Å². The van der Waals surface area contributed by atoms with Crippen LogP contribution in [-0.2, 0) is 16.1 Å². The molecular formula is C15H17NO4. The number of carboxylic acid groups (broad SMARTS) is 1. The average molecular weight is 275 g/mol. The van der Waals surface area contributed by atoms with Crippen LogP contribution in [0.15, 0.2) is 43.0 Å². The number of hydrogen-bond donors (Lipinski definition) is 1. The lowest BCUT2D eigenvalue weighted by molar-refractivity contribution is -0.142. The lowest BCUT2D eigenvalue weighted by Gasteiger charge is -2.22. The minimum absolute atomic E-state index is 0.140. The van der Waals surface area contributed by atoms with E-state index in [2.05, 4.69) is 6.58 Å². The van der Waals surface area contributed by atoms with E-state index in [4.69, 9.17) is 4.74 Å². The summed E-state index contributed by atoms with van der Waals surface area (Å²) in [4.78, 5) is 24.5. The Balaban J connectivity index is 1.98. The van der Waals surface area contributed by atoms with Crippen molar-refractivity contribution in [3.8, 4) is 0 Å². The van der Waals surface area contributed by atoms with Gasteiger partial charge >= 0.3 is 12.1 Å². The largest absolute Gasteiger partial charge is 0.480 e. The maximum Gasteiger partial charge on any atom is 0.410 e. The first-order chi connectivity index (χ1) is 9.63. The Labute approximate surface area is 117 Å². The monoisotopic (exact) mass is 275 g/mol. The molecule has 5 heteroatoms. The molecule has 20 heavy (non-hydrogen) atoms. The van der Waals surface area contributed by atoms with E-state index in [0.717, 1.165) is 5.56 Å². The second kappa shape index (κ2) is 6.23. The van der Waals surface area contributed by atoms with Crippen molar-refractivity contribution in [3.05, 3.63) is 48.6 Å². The Kier molecular flexibility index (Phi) is 4.40. The molecule has 0 aliphatic carbocycles. The fraction of sp³-hybridized carbons (Fsp3) is 0.333. The predicted molar refractivity (Wildman–Crippen MR) is 73.1 cm³/mol. The Morgan fingerprint density at radius 2 is 2.10 bits per heavy atom. The van der Waals surface area contributed by atoms with Gasteiger partial charge in [0.1, 0.15) is 12.6 Å². The standard InChI is InChI=1S/C15H17NO4/c1-2-12-8-9-16(13(12)14(17)18)15(19)20-10-11-6-4-3-5-7-11/h2-7,12-13H,1,8-10H2,(H,17,18)/t12-,13-/m1/s1. The molecule has 1 heterocycles. The molecule has 1 aromatic rings. The quantitative estimate of drug-likeness (QED) is 0.856. The van der Waals surface area contributed by atoms with E-state index in [-0.39, 0.29) is 12.5 Å². The molecule has 1 saturated heterocycles. The number of hydrogen-bond acceptors (Lipinski definition) is 3. The van der Waals surface area contributed by atoms with Gasteiger partial charge in [-0.05, 0) is 12.0 Å². The first-order valence-corrected chi connectivity index (χ1v) is 6.46. The van der Waals surface area contributed by atoms with Crippen molar-refractivity contribution in [1.29, 1.82) is 0 Å². The number of likely N-dealkylation sites (tertiary alicyclic amines) is 1. The molecule has 1 fully saturated rings. The van der Waals surface area contributed by atoms with E-state index in [1.807, 2.05) is 30.3 Å². The number of aliphatic carboxylic acids is 1. The van der Waals surface area contributed by atoms with Crippen LogP contribution in [0.25, 0.3) is 0 Å². The molecule has 106 valence electrons. The van der Waals surface area contributed by atoms with Crippen LogP contribution in [-0.4, -0.2) is 34.7 Å². The summed E-state index contributed by atoms with van der Waals surface area (Å²) in [7, 11) is 0. The summed E-state index contributed by atoms with van der Waals surface area (Å²) in [6.07, 6.45) is 1.59. The number of carbonyl (C=O) groups excluding carboxylic acids is 1. The first kappa shape index (κ1) is 14.1. The highest BCUT2D eigenvalue weighted by molar-refractivity contribution is 5.81. The second-order valence-corrected chi connectivity index (χ2v) is 4.70. The average Bonchev–Trinajstić information content (AvgIpc) is 2.90. The van der Waals surface area contributed by atoms with Gasteiger partial charge in [0.25, 0.3) is 0 Å². The predicted octanol–water partition coefficient (Wildman–Crippen LogP) is 2.28. The Hall–Kier alpha value is -2.30. The smallest absolute Gasteiger partial charge is 0.410 e. The molecule has 1 aliphatic rings. The highest BCUT2D eigenvalue weighted by atomic mass is 16.6. The zero-order chi connectivity index (χ0) is 14.5. The molecule has 5 nitrogen and oxygen atoms in total. The Morgan fingerprint density at radius 3 is 2.70 bits per heavy atom. The molecule has 1 N–H and O–H groups in total. The molecular weight excluding hydrogens is 258 g/mol. The SMILES string of the molecule is C=C[C@@H]1CCN(C(=O)OCc2ccccc2)[C@H]1C(=O)O. The molecule has 0 radical (unpaired) electrons. The fourth-order valence-corrected chi connectivity index (χ4v) is 2.39. The van der Waals surface area contributed by atoms with Crippen LogP contribution in [0.3, 0.4) is 0 Å². The van der Waals surface area contributed by atoms with E-state index in [0.29, 0.717) is 13.0 Å². The minimum atomic E-state index is -1.02. The van der Waals surface area contributed by atoms with E-state index in [9.17, 15) is 14.7 Å². The summed E-state index contributed by atoms with van der Waals surface area (Å²) in [5, 5.41) is 9.22. The molecule has 1 amide bonds. The highest BCUT2D eigenvalue weighted by Gasteiger charge is 2.41. The van der Waals surface area contributed by atoms with Crippen LogP contribution in [0.2, 0.25) is 0 Å². The third-order valence-corrected chi connectivity index (χ3v) is 3.44. The Bertz CT molecular complexity index is 500. The van der Waals surface area contributed by atoms with Gasteiger partial charge in [-0.3, -0.25) is 4.90 Å². The lowest BCUT2D eigenvalue weighted by atomic mass is 10.0. The van der Waals surface area contributed by atoms with Gasteiger partial charge in [-0.1, -0.05) is 36.4 Å². The third-order valence-electron chi connectivity index (χ3n) is 3.44. The molecule has 0 unspecified atom stereocenters. The maximum absolute atomic E-state index is 12.0. The number of carboxylic acids is 1. The summed E-state index contributed by atoms with van der Waals surface area (Å²) in [6.45, 7) is 4.14. The van der Waals surface area contributed by atoms with Gasteiger partial charge < -0.3 is 9.84 Å². The van der Waals surface area contributed by atoms with Crippen molar-refractivity contribution in [2.45, 2.75) is 19.1 Å². The number of ether oxygens (including phenoxy) is 1. The van der Waals surface area contributed by atoms with Crippen molar-refractivity contribution in [2.75, 3.05) is 6.54 Å². The van der Waals surface area contributed by atoms with Crippen LogP contribution >= 0.6 is 0 Å². The van der Waals surface area contributed by atoms with E-state index in [1.165, 1.54) is 4.90 Å². The zero-order valence-electron chi connectivity index (χ0n) is 11.1. The summed E-state index contributed by atoms with van der Waals surface area (Å²) >= 11 is 0. The maximum atomic E-state index is 12.0. The molecule has 0 spiro atoms. The molecule has 0 saturated carbocycles. The number of rotatable bonds is 4. The van der Waals surface area contributed by atoms with Gasteiger partial charge in [-0.25, -0.2) is 9.59 Å². The summed E-state index contributed by atoms with van der Waals surface area (Å²) in [5.41, 5.74) is 0.868. The molecule has 0 aromatic heterocycles. The van der Waals surface area contributed by atoms with Crippen molar-refractivity contribution in [3.63, 3.8) is 0 Å². The van der Waals surface area contributed by atoms with Crippen molar-refractivity contribution >= 4 is 12.1 Å². The summed E-state index contributed by atoms with van der Waals surface area (Å²) in [6, 6.07) is 8.40. The van der Waals surface area contributed by atoms with Gasteiger partial charge in [-0.15, -0.1) is 6.58 Å². The van der Waals surface area contributed by atoms with Crippen LogP contribution in [0, 0.1) is 5.92 Å². The number of carbonyl (C=O) groups is 2. The van der Waals surface area contributed by atoms with E-state index >= 15 is 0 Å². The number of benzene rings is 1. The second-order valence-electron chi connectivity index (χ2n) is 4.70. The van der Waals surface area contributed by atoms with Crippen LogP contribution in [0.4, 0.5) is 4.79 Å². The summed E-state index contributed by atoms with van der Waals surface area (Å²) in [5.74, 6) is -1.25. The van der Waals surface area contributed by atoms with Crippen molar-refractivity contribution in [2.24, 2.45) is 5.92 Å². The first-order valence-electron chi connectivity index (χ1n) is 6.46. The normalized spacial score (nSPS) is 21.5. The van der Waals surface area contributed by atoms with Gasteiger partial charge in [0.15, 0.2) is 0 Å². The van der Waals surface area contributed by atoms with Crippen LogP contribution in [0.5, 0.6) is 0 Å². The molecule has 2 atom stereocenters. The lowest BCUT2D eigenvalue weighted by Crippen LogP contribution is -2.43. The topological polar surface area (TPSA) is 66.8 Å². The van der Waals surface area contributed by atoms with Crippen LogP contribution in [0.1, 0.15) is 12.0 Å². The number of amides is 1. The fourth-order valence-electron chi connectivity index (χ4n) is 2.39. The van der Waals surface area contributed by atoms with Gasteiger partial charge in [0.2, 0.25) is 0 Å². The molecule has 2 rings (SSSR count). The molecule has 0 bridgehead atoms. The third kappa shape index (κ3) is 2.99.